The average Bonchev–Trinajstić information content (AvgIpc) is 2.74. The Labute approximate surface area is 111 Å². The van der Waals surface area contributed by atoms with Gasteiger partial charge < -0.3 is 5.73 Å². The fourth-order valence-corrected chi connectivity index (χ4v) is 3.67. The molecule has 1 heterocycles. The third-order valence-electron chi connectivity index (χ3n) is 3.11. The van der Waals surface area contributed by atoms with Gasteiger partial charge in [-0.25, -0.2) is 0 Å². The van der Waals surface area contributed by atoms with Crippen molar-refractivity contribution in [2.24, 2.45) is 5.73 Å². The SMILES string of the molecule is CCCCN(C)S(=O)(=O)N1CCCC1CN.Cl. The molecule has 0 aromatic carbocycles. The van der Waals surface area contributed by atoms with Crippen molar-refractivity contribution in [3.8, 4) is 0 Å². The predicted octanol–water partition coefficient (Wildman–Crippen LogP) is 0.808. The Morgan fingerprint density at radius 3 is 2.65 bits per heavy atom. The van der Waals surface area contributed by atoms with Gasteiger partial charge in [-0.3, -0.25) is 0 Å². The molecule has 5 nitrogen and oxygen atoms in total. The molecule has 1 saturated heterocycles. The Bertz CT molecular complexity index is 311. The van der Waals surface area contributed by atoms with Gasteiger partial charge in [-0.05, 0) is 19.3 Å². The molecule has 0 aromatic rings. The molecule has 0 spiro atoms. The minimum Gasteiger partial charge on any atom is -0.329 e. The van der Waals surface area contributed by atoms with Crippen LogP contribution in [0.3, 0.4) is 0 Å². The molecule has 17 heavy (non-hydrogen) atoms. The van der Waals surface area contributed by atoms with Crippen LogP contribution in [0.2, 0.25) is 0 Å². The lowest BCUT2D eigenvalue weighted by Crippen LogP contribution is -2.46. The normalized spacial score (nSPS) is 21.8. The lowest BCUT2D eigenvalue weighted by atomic mass is 10.2. The fraction of sp³-hybridized carbons (Fsp3) is 1.00. The monoisotopic (exact) mass is 285 g/mol. The summed E-state index contributed by atoms with van der Waals surface area (Å²) in [7, 11) is -1.64. The van der Waals surface area contributed by atoms with Crippen LogP contribution in [0.15, 0.2) is 0 Å². The minimum absolute atomic E-state index is 0. The van der Waals surface area contributed by atoms with Crippen molar-refractivity contribution in [3.05, 3.63) is 0 Å². The molecule has 1 unspecified atom stereocenters. The number of unbranched alkanes of at least 4 members (excludes halogenated alkanes) is 1. The Morgan fingerprint density at radius 2 is 2.12 bits per heavy atom. The van der Waals surface area contributed by atoms with E-state index >= 15 is 0 Å². The van der Waals surface area contributed by atoms with Gasteiger partial charge in [-0.15, -0.1) is 12.4 Å². The van der Waals surface area contributed by atoms with E-state index in [4.69, 9.17) is 5.73 Å². The van der Waals surface area contributed by atoms with Gasteiger partial charge in [0.05, 0.1) is 0 Å². The van der Waals surface area contributed by atoms with Crippen molar-refractivity contribution < 1.29 is 8.42 Å². The van der Waals surface area contributed by atoms with Gasteiger partial charge in [0.2, 0.25) is 0 Å². The molecule has 104 valence electrons. The summed E-state index contributed by atoms with van der Waals surface area (Å²) >= 11 is 0. The topological polar surface area (TPSA) is 66.6 Å². The van der Waals surface area contributed by atoms with E-state index < -0.39 is 10.2 Å². The smallest absolute Gasteiger partial charge is 0.282 e. The second-order valence-electron chi connectivity index (χ2n) is 4.33. The first-order valence-electron chi connectivity index (χ1n) is 5.97. The zero-order chi connectivity index (χ0) is 12.2. The molecule has 0 aliphatic carbocycles. The fourth-order valence-electron chi connectivity index (χ4n) is 2.02. The third-order valence-corrected chi connectivity index (χ3v) is 5.16. The second kappa shape index (κ2) is 7.53. The Kier molecular flexibility index (Phi) is 7.58. The second-order valence-corrected chi connectivity index (χ2v) is 6.31. The van der Waals surface area contributed by atoms with Crippen molar-refractivity contribution in [2.75, 3.05) is 26.7 Å². The van der Waals surface area contributed by atoms with Crippen LogP contribution in [0.25, 0.3) is 0 Å². The lowest BCUT2D eigenvalue weighted by Gasteiger charge is -2.28. The Hall–Kier alpha value is 0.120. The first-order valence-corrected chi connectivity index (χ1v) is 7.37. The molecule has 0 bridgehead atoms. The molecule has 1 aliphatic heterocycles. The summed E-state index contributed by atoms with van der Waals surface area (Å²) in [6.45, 7) is 3.67. The van der Waals surface area contributed by atoms with E-state index in [1.165, 1.54) is 4.31 Å². The minimum atomic E-state index is -3.29. The quantitative estimate of drug-likeness (QED) is 0.785. The van der Waals surface area contributed by atoms with Crippen LogP contribution in [0.1, 0.15) is 32.6 Å². The standard InChI is InChI=1S/C10H23N3O2S.ClH/c1-3-4-7-12(2)16(14,15)13-8-5-6-10(13)9-11;/h10H,3-9,11H2,1-2H3;1H. The van der Waals surface area contributed by atoms with Crippen LogP contribution in [0.5, 0.6) is 0 Å². The summed E-state index contributed by atoms with van der Waals surface area (Å²) in [6.07, 6.45) is 3.71. The van der Waals surface area contributed by atoms with E-state index in [2.05, 4.69) is 6.92 Å². The maximum atomic E-state index is 12.2. The lowest BCUT2D eigenvalue weighted by molar-refractivity contribution is 0.344. The summed E-state index contributed by atoms with van der Waals surface area (Å²) in [5.41, 5.74) is 5.60. The molecule has 1 fully saturated rings. The van der Waals surface area contributed by atoms with Gasteiger partial charge in [-0.1, -0.05) is 13.3 Å². The summed E-state index contributed by atoms with van der Waals surface area (Å²) in [6, 6.07) is -0.00548. The van der Waals surface area contributed by atoms with Gasteiger partial charge in [0, 0.05) is 32.7 Å². The first kappa shape index (κ1) is 17.1. The largest absolute Gasteiger partial charge is 0.329 e. The van der Waals surface area contributed by atoms with Gasteiger partial charge in [-0.2, -0.15) is 17.0 Å². The van der Waals surface area contributed by atoms with Crippen molar-refractivity contribution in [3.63, 3.8) is 0 Å². The molecule has 7 heteroatoms. The van der Waals surface area contributed by atoms with E-state index in [9.17, 15) is 8.42 Å². The van der Waals surface area contributed by atoms with E-state index in [0.717, 1.165) is 25.7 Å². The summed E-state index contributed by atoms with van der Waals surface area (Å²) in [5.74, 6) is 0. The molecule has 0 aromatic heterocycles. The molecular formula is C10H24ClN3O2S. The highest BCUT2D eigenvalue weighted by atomic mass is 35.5. The molecule has 1 aliphatic rings. The molecule has 2 N–H and O–H groups in total. The summed E-state index contributed by atoms with van der Waals surface area (Å²) in [5, 5.41) is 0. The molecule has 1 atom stereocenters. The molecular weight excluding hydrogens is 262 g/mol. The van der Waals surface area contributed by atoms with E-state index in [1.807, 2.05) is 0 Å². The molecule has 0 saturated carbocycles. The number of nitrogens with zero attached hydrogens (tertiary/aromatic N) is 2. The third kappa shape index (κ3) is 4.06. The Morgan fingerprint density at radius 1 is 1.47 bits per heavy atom. The van der Waals surface area contributed by atoms with Gasteiger partial charge in [0.25, 0.3) is 10.2 Å². The van der Waals surface area contributed by atoms with Crippen LogP contribution >= 0.6 is 12.4 Å². The van der Waals surface area contributed by atoms with Crippen LogP contribution in [0.4, 0.5) is 0 Å². The number of hydrogen-bond donors (Lipinski definition) is 1. The maximum absolute atomic E-state index is 12.2. The van der Waals surface area contributed by atoms with E-state index in [1.54, 1.807) is 11.4 Å². The number of hydrogen-bond acceptors (Lipinski definition) is 3. The highest BCUT2D eigenvalue weighted by molar-refractivity contribution is 7.86. The van der Waals surface area contributed by atoms with Gasteiger partial charge >= 0.3 is 0 Å². The average molecular weight is 286 g/mol. The number of rotatable bonds is 6. The highest BCUT2D eigenvalue weighted by Crippen LogP contribution is 2.22. The number of nitrogens with two attached hydrogens (primary N) is 1. The first-order chi connectivity index (χ1) is 7.54. The zero-order valence-electron chi connectivity index (χ0n) is 10.6. The van der Waals surface area contributed by atoms with Crippen LogP contribution in [0, 0.1) is 0 Å². The summed E-state index contributed by atoms with van der Waals surface area (Å²) < 4.78 is 27.4. The zero-order valence-corrected chi connectivity index (χ0v) is 12.3. The van der Waals surface area contributed by atoms with Crippen molar-refractivity contribution in [2.45, 2.75) is 38.6 Å². The van der Waals surface area contributed by atoms with Crippen molar-refractivity contribution in [1.29, 1.82) is 0 Å². The van der Waals surface area contributed by atoms with E-state index in [0.29, 0.717) is 19.6 Å². The van der Waals surface area contributed by atoms with Crippen molar-refractivity contribution in [1.82, 2.24) is 8.61 Å². The van der Waals surface area contributed by atoms with Gasteiger partial charge in [0.1, 0.15) is 0 Å². The predicted molar refractivity (Wildman–Crippen MR) is 72.5 cm³/mol. The Balaban J connectivity index is 0.00000256. The van der Waals surface area contributed by atoms with Crippen LogP contribution in [-0.4, -0.2) is 49.8 Å². The van der Waals surface area contributed by atoms with Crippen LogP contribution < -0.4 is 5.73 Å². The number of halogens is 1. The van der Waals surface area contributed by atoms with E-state index in [-0.39, 0.29) is 18.4 Å². The molecule has 0 amide bonds. The van der Waals surface area contributed by atoms with Crippen molar-refractivity contribution >= 4 is 22.6 Å². The highest BCUT2D eigenvalue weighted by Gasteiger charge is 2.35. The maximum Gasteiger partial charge on any atom is 0.282 e. The van der Waals surface area contributed by atoms with Gasteiger partial charge in [0.15, 0.2) is 0 Å². The van der Waals surface area contributed by atoms with Crippen LogP contribution in [-0.2, 0) is 10.2 Å². The molecule has 1 rings (SSSR count). The molecule has 0 radical (unpaired) electrons. The summed E-state index contributed by atoms with van der Waals surface area (Å²) in [4.78, 5) is 0.